The summed E-state index contributed by atoms with van der Waals surface area (Å²) in [6.45, 7) is 1.53. The van der Waals surface area contributed by atoms with Gasteiger partial charge in [0.05, 0.1) is 23.5 Å². The number of hydrazine groups is 1. The third-order valence-corrected chi connectivity index (χ3v) is 5.87. The van der Waals surface area contributed by atoms with Crippen molar-refractivity contribution in [3.8, 4) is 28.8 Å². The molecule has 0 unspecified atom stereocenters. The zero-order chi connectivity index (χ0) is 22.7. The van der Waals surface area contributed by atoms with Gasteiger partial charge in [-0.3, -0.25) is 10.2 Å². The molecule has 1 amide bonds. The van der Waals surface area contributed by atoms with E-state index in [1.54, 1.807) is 37.4 Å². The number of carbonyl (C=O) groups is 1. The maximum atomic E-state index is 13.1. The number of ether oxygens (including phenoxy) is 1. The molecule has 0 atom stereocenters. The van der Waals surface area contributed by atoms with Gasteiger partial charge in [0, 0.05) is 23.7 Å². The number of nitrogens with zero attached hydrogens (tertiary/aromatic N) is 4. The van der Waals surface area contributed by atoms with Gasteiger partial charge in [0.2, 0.25) is 0 Å². The minimum absolute atomic E-state index is 0.0370. The molecule has 1 N–H and O–H groups in total. The number of carbonyl (C=O) groups excluding carboxylic acids is 1. The first-order chi connectivity index (χ1) is 15.5. The summed E-state index contributed by atoms with van der Waals surface area (Å²) in [6.07, 6.45) is 3.16. The lowest BCUT2D eigenvalue weighted by atomic mass is 10.1. The lowest BCUT2D eigenvalue weighted by Gasteiger charge is -2.26. The topological polar surface area (TPSA) is 83.2 Å². The Hall–Kier alpha value is -3.05. The fraction of sp³-hybridized carbons (Fsp3) is 0.261. The molecular formula is C23H21Cl2N5O2. The zero-order valence-electron chi connectivity index (χ0n) is 17.4. The Kier molecular flexibility index (Phi) is 6.66. The van der Waals surface area contributed by atoms with Crippen molar-refractivity contribution in [1.82, 2.24) is 20.2 Å². The van der Waals surface area contributed by atoms with E-state index in [4.69, 9.17) is 27.9 Å². The maximum Gasteiger partial charge on any atom is 0.287 e. The zero-order valence-corrected chi connectivity index (χ0v) is 19.0. The van der Waals surface area contributed by atoms with Gasteiger partial charge in [-0.1, -0.05) is 29.6 Å². The van der Waals surface area contributed by atoms with Crippen LogP contribution in [0.4, 0.5) is 0 Å². The lowest BCUT2D eigenvalue weighted by molar-refractivity contribution is 0.0744. The molecule has 1 aliphatic heterocycles. The van der Waals surface area contributed by atoms with Crippen molar-refractivity contribution in [3.05, 3.63) is 63.8 Å². The molecule has 32 heavy (non-hydrogen) atoms. The third kappa shape index (κ3) is 4.44. The molecule has 0 bridgehead atoms. The van der Waals surface area contributed by atoms with Gasteiger partial charge in [-0.2, -0.15) is 10.4 Å². The number of hydrogen-bond donors (Lipinski definition) is 1. The summed E-state index contributed by atoms with van der Waals surface area (Å²) in [5, 5.41) is 17.2. The van der Waals surface area contributed by atoms with Crippen molar-refractivity contribution in [1.29, 1.82) is 5.26 Å². The van der Waals surface area contributed by atoms with Crippen LogP contribution in [-0.4, -0.2) is 40.9 Å². The Labute approximate surface area is 196 Å². The Bertz CT molecular complexity index is 1180. The molecule has 0 radical (unpaired) electrons. The first-order valence-electron chi connectivity index (χ1n) is 10.2. The Morgan fingerprint density at radius 2 is 1.84 bits per heavy atom. The van der Waals surface area contributed by atoms with Crippen LogP contribution < -0.4 is 10.2 Å². The van der Waals surface area contributed by atoms with Gasteiger partial charge in [0.1, 0.15) is 17.4 Å². The smallest absolute Gasteiger partial charge is 0.287 e. The van der Waals surface area contributed by atoms with Crippen LogP contribution in [0.15, 0.2) is 42.5 Å². The normalized spacial score (nSPS) is 14.1. The highest BCUT2D eigenvalue weighted by Crippen LogP contribution is 2.33. The fourth-order valence-corrected chi connectivity index (χ4v) is 4.22. The number of hydrogen-bond acceptors (Lipinski definition) is 5. The third-order valence-electron chi connectivity index (χ3n) is 5.33. The summed E-state index contributed by atoms with van der Waals surface area (Å²) in [5.74, 6) is 0.243. The van der Waals surface area contributed by atoms with Crippen molar-refractivity contribution in [2.45, 2.75) is 19.3 Å². The average molecular weight is 470 g/mol. The summed E-state index contributed by atoms with van der Waals surface area (Å²) in [4.78, 5) is 13.1. The Morgan fingerprint density at radius 3 is 2.47 bits per heavy atom. The SMILES string of the molecule is COc1ccc(-c2c(C#N)c(C(=O)NN3CCCCC3)nn2-c2ccc(Cl)cc2Cl)cc1. The number of rotatable bonds is 5. The first-order valence-corrected chi connectivity index (χ1v) is 11.0. The molecule has 0 spiro atoms. The second-order valence-corrected chi connectivity index (χ2v) is 8.25. The van der Waals surface area contributed by atoms with E-state index in [9.17, 15) is 10.1 Å². The van der Waals surface area contributed by atoms with E-state index in [-0.39, 0.29) is 11.3 Å². The number of piperidine rings is 1. The summed E-state index contributed by atoms with van der Waals surface area (Å²) < 4.78 is 6.76. The standard InChI is InChI=1S/C23H21Cl2N5O2/c1-32-17-8-5-15(6-9-17)22-18(14-26)21(23(31)28-29-11-3-2-4-12-29)27-30(22)20-10-7-16(24)13-19(20)25/h5-10,13H,2-4,11-12H2,1H3,(H,28,31). The van der Waals surface area contributed by atoms with E-state index in [2.05, 4.69) is 16.6 Å². The van der Waals surface area contributed by atoms with Crippen LogP contribution >= 0.6 is 23.2 Å². The van der Waals surface area contributed by atoms with E-state index in [1.807, 2.05) is 17.1 Å². The molecule has 4 rings (SSSR count). The van der Waals surface area contributed by atoms with Gasteiger partial charge < -0.3 is 4.74 Å². The van der Waals surface area contributed by atoms with Crippen LogP contribution in [0.2, 0.25) is 10.0 Å². The highest BCUT2D eigenvalue weighted by Gasteiger charge is 2.27. The number of nitrogens with one attached hydrogen (secondary N) is 1. The largest absolute Gasteiger partial charge is 0.497 e. The molecule has 9 heteroatoms. The van der Waals surface area contributed by atoms with Crippen molar-refractivity contribution in [3.63, 3.8) is 0 Å². The van der Waals surface area contributed by atoms with Crippen molar-refractivity contribution >= 4 is 29.1 Å². The number of benzene rings is 2. The molecule has 164 valence electrons. The van der Waals surface area contributed by atoms with E-state index >= 15 is 0 Å². The predicted octanol–water partition coefficient (Wildman–Crippen LogP) is 4.86. The number of aromatic nitrogens is 2. The molecule has 3 aromatic rings. The fourth-order valence-electron chi connectivity index (χ4n) is 3.73. The molecule has 7 nitrogen and oxygen atoms in total. The molecule has 2 aromatic carbocycles. The molecule has 1 aromatic heterocycles. The second-order valence-electron chi connectivity index (χ2n) is 7.41. The Balaban J connectivity index is 1.85. The van der Waals surface area contributed by atoms with Crippen molar-refractivity contribution in [2.75, 3.05) is 20.2 Å². The first kappa shape index (κ1) is 22.2. The molecular weight excluding hydrogens is 449 g/mol. The van der Waals surface area contributed by atoms with Gasteiger partial charge in [-0.05, 0) is 55.3 Å². The predicted molar refractivity (Wildman–Crippen MR) is 123 cm³/mol. The van der Waals surface area contributed by atoms with E-state index in [1.165, 1.54) is 4.68 Å². The second kappa shape index (κ2) is 9.61. The number of halogens is 2. The maximum absolute atomic E-state index is 13.1. The Morgan fingerprint density at radius 1 is 1.12 bits per heavy atom. The van der Waals surface area contributed by atoms with Crippen LogP contribution in [0.25, 0.3) is 16.9 Å². The molecule has 0 saturated carbocycles. The van der Waals surface area contributed by atoms with Crippen LogP contribution in [0, 0.1) is 11.3 Å². The molecule has 1 fully saturated rings. The monoisotopic (exact) mass is 469 g/mol. The van der Waals surface area contributed by atoms with Gasteiger partial charge in [-0.25, -0.2) is 9.69 Å². The number of methoxy groups -OCH3 is 1. The minimum Gasteiger partial charge on any atom is -0.497 e. The average Bonchev–Trinajstić information content (AvgIpc) is 3.19. The quantitative estimate of drug-likeness (QED) is 0.576. The summed E-state index contributed by atoms with van der Waals surface area (Å²) in [7, 11) is 1.58. The number of amides is 1. The van der Waals surface area contributed by atoms with Gasteiger partial charge in [-0.15, -0.1) is 0 Å². The van der Waals surface area contributed by atoms with Crippen LogP contribution in [0.5, 0.6) is 5.75 Å². The van der Waals surface area contributed by atoms with E-state index in [0.717, 1.165) is 32.4 Å². The van der Waals surface area contributed by atoms with Gasteiger partial charge in [0.25, 0.3) is 5.91 Å². The van der Waals surface area contributed by atoms with E-state index in [0.29, 0.717) is 32.7 Å². The molecule has 1 saturated heterocycles. The van der Waals surface area contributed by atoms with E-state index < -0.39 is 5.91 Å². The molecule has 2 heterocycles. The van der Waals surface area contributed by atoms with Crippen LogP contribution in [-0.2, 0) is 0 Å². The lowest BCUT2D eigenvalue weighted by Crippen LogP contribution is -2.45. The van der Waals surface area contributed by atoms with Crippen molar-refractivity contribution in [2.24, 2.45) is 0 Å². The summed E-state index contributed by atoms with van der Waals surface area (Å²) in [5.41, 5.74) is 4.75. The minimum atomic E-state index is -0.429. The number of nitriles is 1. The highest BCUT2D eigenvalue weighted by molar-refractivity contribution is 6.35. The van der Waals surface area contributed by atoms with Crippen molar-refractivity contribution < 1.29 is 9.53 Å². The van der Waals surface area contributed by atoms with Gasteiger partial charge in [0.15, 0.2) is 5.69 Å². The van der Waals surface area contributed by atoms with Gasteiger partial charge >= 0.3 is 0 Å². The molecule has 0 aliphatic carbocycles. The van der Waals surface area contributed by atoms with Crippen LogP contribution in [0.3, 0.4) is 0 Å². The highest BCUT2D eigenvalue weighted by atomic mass is 35.5. The molecule has 1 aliphatic rings. The summed E-state index contributed by atoms with van der Waals surface area (Å²) >= 11 is 12.5. The summed E-state index contributed by atoms with van der Waals surface area (Å²) in [6, 6.07) is 14.3. The van der Waals surface area contributed by atoms with Crippen LogP contribution in [0.1, 0.15) is 35.3 Å².